The van der Waals surface area contributed by atoms with Crippen molar-refractivity contribution in [3.05, 3.63) is 23.5 Å². The lowest BCUT2D eigenvalue weighted by molar-refractivity contribution is 0.00593. The van der Waals surface area contributed by atoms with Crippen LogP contribution in [-0.2, 0) is 0 Å². The first-order chi connectivity index (χ1) is 8.40. The Morgan fingerprint density at radius 2 is 2.39 bits per heavy atom. The largest absolute Gasteiger partial charge is 0.388 e. The average Bonchev–Trinajstić information content (AvgIpc) is 2.83. The molecule has 0 aromatic carbocycles. The molecule has 18 heavy (non-hydrogen) atoms. The molecule has 1 amide bonds. The zero-order valence-corrected chi connectivity index (χ0v) is 10.9. The van der Waals surface area contributed by atoms with Gasteiger partial charge in [0.15, 0.2) is 0 Å². The molecule has 1 rings (SSSR count). The third kappa shape index (κ3) is 3.34. The summed E-state index contributed by atoms with van der Waals surface area (Å²) in [7, 11) is 0. The highest BCUT2D eigenvalue weighted by Crippen LogP contribution is 2.19. The summed E-state index contributed by atoms with van der Waals surface area (Å²) in [6, 6.07) is 3.40. The second-order valence-corrected chi connectivity index (χ2v) is 4.76. The van der Waals surface area contributed by atoms with Crippen LogP contribution in [0.2, 0.25) is 0 Å². The number of carbonyl (C=O) groups excluding carboxylic acids is 1. The molecule has 0 aliphatic rings. The third-order valence-corrected chi connectivity index (χ3v) is 3.35. The summed E-state index contributed by atoms with van der Waals surface area (Å²) >= 11 is 0. The monoisotopic (exact) mass is 249 g/mol. The van der Waals surface area contributed by atoms with E-state index in [1.54, 1.807) is 6.92 Å². The average molecular weight is 249 g/mol. The van der Waals surface area contributed by atoms with Crippen LogP contribution in [0.15, 0.2) is 12.3 Å². The Bertz CT molecular complexity index is 457. The molecule has 0 fully saturated rings. The SMILES string of the molecule is CCC(C)C(C)(O)CNC(=O)c1c[nH]c(C#N)c1. The Morgan fingerprint density at radius 1 is 1.72 bits per heavy atom. The first-order valence-electron chi connectivity index (χ1n) is 5.99. The van der Waals surface area contributed by atoms with Crippen molar-refractivity contribution >= 4 is 5.91 Å². The van der Waals surface area contributed by atoms with Crippen molar-refractivity contribution in [1.82, 2.24) is 10.3 Å². The Kier molecular flexibility index (Phi) is 4.51. The van der Waals surface area contributed by atoms with Gasteiger partial charge >= 0.3 is 0 Å². The Balaban J connectivity index is 2.59. The molecule has 2 unspecified atom stereocenters. The van der Waals surface area contributed by atoms with E-state index in [1.165, 1.54) is 12.3 Å². The van der Waals surface area contributed by atoms with E-state index in [-0.39, 0.29) is 18.4 Å². The Labute approximate surface area is 107 Å². The molecule has 5 heteroatoms. The minimum absolute atomic E-state index is 0.0960. The van der Waals surface area contributed by atoms with Crippen LogP contribution in [-0.4, -0.2) is 28.1 Å². The zero-order valence-electron chi connectivity index (χ0n) is 10.9. The van der Waals surface area contributed by atoms with Gasteiger partial charge in [-0.3, -0.25) is 4.79 Å². The van der Waals surface area contributed by atoms with Crippen molar-refractivity contribution in [2.45, 2.75) is 32.8 Å². The van der Waals surface area contributed by atoms with Crippen molar-refractivity contribution in [2.75, 3.05) is 6.54 Å². The van der Waals surface area contributed by atoms with Crippen LogP contribution in [0.4, 0.5) is 0 Å². The summed E-state index contributed by atoms with van der Waals surface area (Å²) in [5, 5.41) is 21.5. The van der Waals surface area contributed by atoms with E-state index in [0.717, 1.165) is 6.42 Å². The number of hydrogen-bond donors (Lipinski definition) is 3. The number of H-pyrrole nitrogens is 1. The van der Waals surface area contributed by atoms with Crippen molar-refractivity contribution in [3.63, 3.8) is 0 Å². The van der Waals surface area contributed by atoms with Gasteiger partial charge in [0.25, 0.3) is 5.91 Å². The number of aromatic amines is 1. The second-order valence-electron chi connectivity index (χ2n) is 4.76. The number of aromatic nitrogens is 1. The smallest absolute Gasteiger partial charge is 0.252 e. The molecular formula is C13H19N3O2. The minimum Gasteiger partial charge on any atom is -0.388 e. The molecule has 1 aromatic rings. The van der Waals surface area contributed by atoms with Gasteiger partial charge < -0.3 is 15.4 Å². The molecule has 0 bridgehead atoms. The van der Waals surface area contributed by atoms with Crippen molar-refractivity contribution in [3.8, 4) is 6.07 Å². The molecule has 98 valence electrons. The molecule has 5 nitrogen and oxygen atoms in total. The van der Waals surface area contributed by atoms with Crippen molar-refractivity contribution < 1.29 is 9.90 Å². The molecule has 3 N–H and O–H groups in total. The molecule has 1 heterocycles. The van der Waals surface area contributed by atoms with E-state index in [2.05, 4.69) is 10.3 Å². The molecule has 0 saturated carbocycles. The molecule has 2 atom stereocenters. The van der Waals surface area contributed by atoms with Gasteiger partial charge in [-0.2, -0.15) is 5.26 Å². The fourth-order valence-corrected chi connectivity index (χ4v) is 1.57. The molecule has 0 spiro atoms. The summed E-state index contributed by atoms with van der Waals surface area (Å²) in [6.07, 6.45) is 2.32. The van der Waals surface area contributed by atoms with E-state index in [1.807, 2.05) is 19.9 Å². The molecule has 0 aliphatic heterocycles. The van der Waals surface area contributed by atoms with Gasteiger partial charge in [0.2, 0.25) is 0 Å². The van der Waals surface area contributed by atoms with Gasteiger partial charge in [0, 0.05) is 12.7 Å². The van der Waals surface area contributed by atoms with Crippen LogP contribution in [0, 0.1) is 17.2 Å². The lowest BCUT2D eigenvalue weighted by Gasteiger charge is -2.29. The number of hydrogen-bond acceptors (Lipinski definition) is 3. The number of nitrogens with one attached hydrogen (secondary N) is 2. The second kappa shape index (κ2) is 5.69. The van der Waals surface area contributed by atoms with Crippen LogP contribution >= 0.6 is 0 Å². The number of nitriles is 1. The lowest BCUT2D eigenvalue weighted by Crippen LogP contribution is -2.45. The van der Waals surface area contributed by atoms with Crippen LogP contribution in [0.1, 0.15) is 43.2 Å². The zero-order chi connectivity index (χ0) is 13.8. The predicted octanol–water partition coefficient (Wildman–Crippen LogP) is 1.41. The minimum atomic E-state index is -0.932. The van der Waals surface area contributed by atoms with Gasteiger partial charge in [-0.1, -0.05) is 20.3 Å². The van der Waals surface area contributed by atoms with Crippen LogP contribution < -0.4 is 5.32 Å². The summed E-state index contributed by atoms with van der Waals surface area (Å²) in [5.74, 6) is -0.199. The lowest BCUT2D eigenvalue weighted by atomic mass is 9.88. The summed E-state index contributed by atoms with van der Waals surface area (Å²) in [5.41, 5.74) is -0.195. The quantitative estimate of drug-likeness (QED) is 0.737. The maximum absolute atomic E-state index is 11.8. The molecule has 1 aromatic heterocycles. The summed E-state index contributed by atoms with van der Waals surface area (Å²) in [4.78, 5) is 14.5. The van der Waals surface area contributed by atoms with Crippen LogP contribution in [0.5, 0.6) is 0 Å². The third-order valence-electron chi connectivity index (χ3n) is 3.35. The first kappa shape index (κ1) is 14.3. The highest BCUT2D eigenvalue weighted by atomic mass is 16.3. The fraction of sp³-hybridized carbons (Fsp3) is 0.538. The van der Waals surface area contributed by atoms with Crippen molar-refractivity contribution in [2.24, 2.45) is 5.92 Å². The number of nitrogens with zero attached hydrogens (tertiary/aromatic N) is 1. The predicted molar refractivity (Wildman–Crippen MR) is 67.9 cm³/mol. The van der Waals surface area contributed by atoms with Crippen LogP contribution in [0.25, 0.3) is 0 Å². The Hall–Kier alpha value is -1.80. The number of rotatable bonds is 5. The summed E-state index contributed by atoms with van der Waals surface area (Å²) < 4.78 is 0. The van der Waals surface area contributed by atoms with E-state index < -0.39 is 5.60 Å². The fourth-order valence-electron chi connectivity index (χ4n) is 1.57. The topological polar surface area (TPSA) is 88.9 Å². The normalized spacial score (nSPS) is 15.5. The molecule has 0 aliphatic carbocycles. The van der Waals surface area contributed by atoms with Gasteiger partial charge in [0.1, 0.15) is 11.8 Å². The molecular weight excluding hydrogens is 230 g/mol. The Morgan fingerprint density at radius 3 is 2.89 bits per heavy atom. The first-order valence-corrected chi connectivity index (χ1v) is 5.99. The van der Waals surface area contributed by atoms with Gasteiger partial charge in [-0.25, -0.2) is 0 Å². The van der Waals surface area contributed by atoms with Crippen molar-refractivity contribution in [1.29, 1.82) is 5.26 Å². The van der Waals surface area contributed by atoms with Gasteiger partial charge in [-0.15, -0.1) is 0 Å². The number of carbonyl (C=O) groups is 1. The van der Waals surface area contributed by atoms with E-state index in [9.17, 15) is 9.90 Å². The molecule has 0 radical (unpaired) electrons. The van der Waals surface area contributed by atoms with E-state index in [0.29, 0.717) is 11.3 Å². The highest BCUT2D eigenvalue weighted by Gasteiger charge is 2.27. The maximum atomic E-state index is 11.8. The maximum Gasteiger partial charge on any atom is 0.252 e. The number of amides is 1. The van der Waals surface area contributed by atoms with Gasteiger partial charge in [0.05, 0.1) is 11.2 Å². The summed E-state index contributed by atoms with van der Waals surface area (Å²) in [6.45, 7) is 5.83. The number of aliphatic hydroxyl groups is 1. The van der Waals surface area contributed by atoms with E-state index >= 15 is 0 Å². The van der Waals surface area contributed by atoms with Gasteiger partial charge in [-0.05, 0) is 18.9 Å². The highest BCUT2D eigenvalue weighted by molar-refractivity contribution is 5.94. The van der Waals surface area contributed by atoms with E-state index in [4.69, 9.17) is 5.26 Å². The van der Waals surface area contributed by atoms with Crippen LogP contribution in [0.3, 0.4) is 0 Å². The molecule has 0 saturated heterocycles. The standard InChI is InChI=1S/C13H19N3O2/c1-4-9(2)13(3,18)8-16-12(17)10-5-11(6-14)15-7-10/h5,7,9,15,18H,4,8H2,1-3H3,(H,16,17).